The fraction of sp³-hybridized carbons (Fsp3) is 0.389. The van der Waals surface area contributed by atoms with Gasteiger partial charge in [-0.15, -0.1) is 0 Å². The van der Waals surface area contributed by atoms with E-state index in [1.165, 1.54) is 0 Å². The van der Waals surface area contributed by atoms with Gasteiger partial charge in [0.05, 0.1) is 11.3 Å². The number of aromatic nitrogens is 1. The van der Waals surface area contributed by atoms with Gasteiger partial charge in [0.1, 0.15) is 5.75 Å². The molecule has 0 aliphatic heterocycles. The SMILES string of the molecule is Cc1cc(C#Cc2ccccc2O[Si](C)(C)C(C)(C)C)on1. The van der Waals surface area contributed by atoms with Crippen LogP contribution in [0.4, 0.5) is 0 Å². The van der Waals surface area contributed by atoms with Crippen molar-refractivity contribution in [2.24, 2.45) is 0 Å². The third-order valence-corrected chi connectivity index (χ3v) is 8.35. The molecule has 2 aromatic rings. The summed E-state index contributed by atoms with van der Waals surface area (Å²) in [6, 6.07) is 9.72. The van der Waals surface area contributed by atoms with Crippen LogP contribution in [0.2, 0.25) is 18.1 Å². The van der Waals surface area contributed by atoms with E-state index in [-0.39, 0.29) is 5.04 Å². The number of aryl methyl sites for hydroxylation is 1. The first-order valence-electron chi connectivity index (χ1n) is 7.42. The molecule has 0 aliphatic rings. The van der Waals surface area contributed by atoms with Crippen molar-refractivity contribution >= 4 is 8.32 Å². The zero-order valence-corrected chi connectivity index (χ0v) is 15.2. The molecule has 0 amide bonds. The first-order chi connectivity index (χ1) is 10.2. The molecule has 0 fully saturated rings. The molecule has 1 aromatic carbocycles. The number of hydrogen-bond donors (Lipinski definition) is 0. The Balaban J connectivity index is 2.30. The van der Waals surface area contributed by atoms with Gasteiger partial charge in [-0.3, -0.25) is 0 Å². The summed E-state index contributed by atoms with van der Waals surface area (Å²) in [5.74, 6) is 7.55. The van der Waals surface area contributed by atoms with Gasteiger partial charge in [-0.05, 0) is 43.1 Å². The lowest BCUT2D eigenvalue weighted by Gasteiger charge is -2.36. The molecule has 0 bridgehead atoms. The average Bonchev–Trinajstić information content (AvgIpc) is 2.82. The Morgan fingerprint density at radius 2 is 1.82 bits per heavy atom. The maximum Gasteiger partial charge on any atom is 0.250 e. The maximum absolute atomic E-state index is 6.38. The summed E-state index contributed by atoms with van der Waals surface area (Å²) in [6.45, 7) is 13.0. The molecule has 0 radical (unpaired) electrons. The van der Waals surface area contributed by atoms with Gasteiger partial charge in [-0.25, -0.2) is 0 Å². The van der Waals surface area contributed by atoms with Gasteiger partial charge in [0, 0.05) is 6.07 Å². The number of hydrogen-bond acceptors (Lipinski definition) is 3. The molecule has 3 nitrogen and oxygen atoms in total. The van der Waals surface area contributed by atoms with E-state index in [1.807, 2.05) is 37.3 Å². The van der Waals surface area contributed by atoms with Crippen molar-refractivity contribution in [1.29, 1.82) is 0 Å². The second-order valence-corrected chi connectivity index (χ2v) is 11.7. The van der Waals surface area contributed by atoms with Crippen LogP contribution in [0.15, 0.2) is 34.9 Å². The minimum Gasteiger partial charge on any atom is -0.543 e. The largest absolute Gasteiger partial charge is 0.543 e. The smallest absolute Gasteiger partial charge is 0.250 e. The highest BCUT2D eigenvalue weighted by Crippen LogP contribution is 2.38. The molecule has 0 unspecified atom stereocenters. The lowest BCUT2D eigenvalue weighted by molar-refractivity contribution is 0.406. The molecule has 0 N–H and O–H groups in total. The Morgan fingerprint density at radius 3 is 2.41 bits per heavy atom. The Bertz CT molecular complexity index is 714. The highest BCUT2D eigenvalue weighted by Gasteiger charge is 2.39. The third kappa shape index (κ3) is 3.80. The van der Waals surface area contributed by atoms with Crippen molar-refractivity contribution in [2.45, 2.75) is 45.8 Å². The Hall–Kier alpha value is -1.99. The van der Waals surface area contributed by atoms with Crippen molar-refractivity contribution in [3.05, 3.63) is 47.3 Å². The van der Waals surface area contributed by atoms with Crippen LogP contribution in [-0.2, 0) is 0 Å². The van der Waals surface area contributed by atoms with Gasteiger partial charge in [-0.1, -0.05) is 44.0 Å². The average molecular weight is 313 g/mol. The van der Waals surface area contributed by atoms with Crippen LogP contribution >= 0.6 is 0 Å². The Labute approximate surface area is 133 Å². The van der Waals surface area contributed by atoms with E-state index < -0.39 is 8.32 Å². The first-order valence-corrected chi connectivity index (χ1v) is 10.3. The Morgan fingerprint density at radius 1 is 1.14 bits per heavy atom. The maximum atomic E-state index is 6.38. The molecule has 116 valence electrons. The summed E-state index contributed by atoms with van der Waals surface area (Å²) in [6.07, 6.45) is 0. The zero-order chi connectivity index (χ0) is 16.4. The van der Waals surface area contributed by atoms with Crippen molar-refractivity contribution in [3.8, 4) is 17.6 Å². The third-order valence-electron chi connectivity index (χ3n) is 4.01. The van der Waals surface area contributed by atoms with Gasteiger partial charge < -0.3 is 8.95 Å². The number of rotatable bonds is 2. The molecule has 0 spiro atoms. The van der Waals surface area contributed by atoms with Crippen molar-refractivity contribution in [3.63, 3.8) is 0 Å². The number of benzene rings is 1. The van der Waals surface area contributed by atoms with Gasteiger partial charge in [-0.2, -0.15) is 0 Å². The summed E-state index contributed by atoms with van der Waals surface area (Å²) in [5.41, 5.74) is 1.71. The standard InChI is InChI=1S/C18H23NO2Si/c1-14-13-16(20-19-14)12-11-15-9-7-8-10-17(15)21-22(5,6)18(2,3)4/h7-10,13H,1-6H3. The summed E-state index contributed by atoms with van der Waals surface area (Å²) < 4.78 is 11.5. The fourth-order valence-corrected chi connectivity index (χ4v) is 2.67. The summed E-state index contributed by atoms with van der Waals surface area (Å²) in [5, 5.41) is 3.99. The van der Waals surface area contributed by atoms with Crippen LogP contribution < -0.4 is 4.43 Å². The van der Waals surface area contributed by atoms with E-state index in [0.717, 1.165) is 17.0 Å². The topological polar surface area (TPSA) is 35.3 Å². The van der Waals surface area contributed by atoms with Gasteiger partial charge in [0.2, 0.25) is 5.76 Å². The van der Waals surface area contributed by atoms with Crippen molar-refractivity contribution in [2.75, 3.05) is 0 Å². The van der Waals surface area contributed by atoms with E-state index in [2.05, 4.69) is 50.9 Å². The summed E-state index contributed by atoms with van der Waals surface area (Å²) in [4.78, 5) is 0. The van der Waals surface area contributed by atoms with Crippen LogP contribution in [0.25, 0.3) is 0 Å². The van der Waals surface area contributed by atoms with Crippen LogP contribution in [0, 0.1) is 18.8 Å². The lowest BCUT2D eigenvalue weighted by Crippen LogP contribution is -2.44. The van der Waals surface area contributed by atoms with Crippen LogP contribution in [0.5, 0.6) is 5.75 Å². The molecule has 0 atom stereocenters. The van der Waals surface area contributed by atoms with E-state index >= 15 is 0 Å². The van der Waals surface area contributed by atoms with E-state index in [1.54, 1.807) is 0 Å². The van der Waals surface area contributed by atoms with Crippen LogP contribution in [-0.4, -0.2) is 13.5 Å². The predicted molar refractivity (Wildman–Crippen MR) is 91.5 cm³/mol. The van der Waals surface area contributed by atoms with Crippen molar-refractivity contribution < 1.29 is 8.95 Å². The van der Waals surface area contributed by atoms with Gasteiger partial charge in [0.15, 0.2) is 0 Å². The van der Waals surface area contributed by atoms with Gasteiger partial charge >= 0.3 is 0 Å². The minimum absolute atomic E-state index is 0.148. The molecule has 0 aliphatic carbocycles. The summed E-state index contributed by atoms with van der Waals surface area (Å²) in [7, 11) is -1.88. The molecule has 0 saturated carbocycles. The monoisotopic (exact) mass is 313 g/mol. The normalized spacial score (nSPS) is 11.7. The molecule has 1 heterocycles. The molecule has 22 heavy (non-hydrogen) atoms. The van der Waals surface area contributed by atoms with Crippen LogP contribution in [0.1, 0.15) is 37.8 Å². The lowest BCUT2D eigenvalue weighted by atomic mass is 10.2. The summed E-state index contributed by atoms with van der Waals surface area (Å²) >= 11 is 0. The quantitative estimate of drug-likeness (QED) is 0.592. The molecule has 2 rings (SSSR count). The van der Waals surface area contributed by atoms with E-state index in [9.17, 15) is 0 Å². The zero-order valence-electron chi connectivity index (χ0n) is 14.2. The second kappa shape index (κ2) is 6.02. The van der Waals surface area contributed by atoms with Crippen LogP contribution in [0.3, 0.4) is 0 Å². The van der Waals surface area contributed by atoms with E-state index in [4.69, 9.17) is 8.95 Å². The fourth-order valence-electron chi connectivity index (χ4n) is 1.64. The second-order valence-electron chi connectivity index (χ2n) is 6.94. The Kier molecular flexibility index (Phi) is 4.48. The number of nitrogens with zero attached hydrogens (tertiary/aromatic N) is 1. The molecular weight excluding hydrogens is 290 g/mol. The molecular formula is C18H23NO2Si. The van der Waals surface area contributed by atoms with E-state index in [0.29, 0.717) is 5.76 Å². The first kappa shape index (κ1) is 16.4. The highest BCUT2D eigenvalue weighted by atomic mass is 28.4. The molecule has 4 heteroatoms. The van der Waals surface area contributed by atoms with Crippen molar-refractivity contribution in [1.82, 2.24) is 5.16 Å². The predicted octanol–water partition coefficient (Wildman–Crippen LogP) is 4.77. The van der Waals surface area contributed by atoms with Gasteiger partial charge in [0.25, 0.3) is 8.32 Å². The molecule has 1 aromatic heterocycles. The number of para-hydroxylation sites is 1. The highest BCUT2D eigenvalue weighted by molar-refractivity contribution is 6.74. The minimum atomic E-state index is -1.88. The molecule has 0 saturated heterocycles.